The van der Waals surface area contributed by atoms with E-state index >= 15 is 0 Å². The van der Waals surface area contributed by atoms with Crippen LogP contribution in [0, 0.1) is 5.82 Å². The van der Waals surface area contributed by atoms with Gasteiger partial charge < -0.3 is 10.6 Å². The number of nitrogens with one attached hydrogen (secondary N) is 2. The molecule has 1 amide bonds. The van der Waals surface area contributed by atoms with E-state index in [1.807, 2.05) is 0 Å². The molecule has 0 radical (unpaired) electrons. The maximum Gasteiger partial charge on any atom is 0.247 e. The summed E-state index contributed by atoms with van der Waals surface area (Å²) < 4.78 is 38.0. The quantitative estimate of drug-likeness (QED) is 0.801. The van der Waals surface area contributed by atoms with E-state index in [0.29, 0.717) is 37.3 Å². The van der Waals surface area contributed by atoms with Gasteiger partial charge in [0.25, 0.3) is 0 Å². The summed E-state index contributed by atoms with van der Waals surface area (Å²) in [7, 11) is -3.16. The summed E-state index contributed by atoms with van der Waals surface area (Å²) in [6.45, 7) is 4.22. The molecule has 0 saturated carbocycles. The topological polar surface area (TPSA) is 78.5 Å². The van der Waals surface area contributed by atoms with Gasteiger partial charge in [0.05, 0.1) is 6.26 Å². The number of carbonyl (C=O) groups excluding carboxylic acids is 1. The number of sulfonamides is 1. The SMILES string of the molecule is C=CC(=O)Nc1cc(F)cc(NC2CCN(S(C)(=O)=O)CC2)c1. The summed E-state index contributed by atoms with van der Waals surface area (Å²) >= 11 is 0. The Kier molecular flexibility index (Phi) is 5.38. The van der Waals surface area contributed by atoms with Gasteiger partial charge in [-0.25, -0.2) is 17.1 Å². The molecule has 1 fully saturated rings. The van der Waals surface area contributed by atoms with Gasteiger partial charge in [-0.3, -0.25) is 4.79 Å². The number of hydrogen-bond acceptors (Lipinski definition) is 4. The average molecular weight is 341 g/mol. The zero-order valence-corrected chi connectivity index (χ0v) is 13.7. The summed E-state index contributed by atoms with van der Waals surface area (Å²) in [5, 5.41) is 5.70. The van der Waals surface area contributed by atoms with Crippen LogP contribution in [0.25, 0.3) is 0 Å². The van der Waals surface area contributed by atoms with E-state index in [2.05, 4.69) is 17.2 Å². The minimum Gasteiger partial charge on any atom is -0.382 e. The second-order valence-electron chi connectivity index (χ2n) is 5.50. The molecule has 0 spiro atoms. The third kappa shape index (κ3) is 5.04. The van der Waals surface area contributed by atoms with Gasteiger partial charge in [0.15, 0.2) is 0 Å². The molecule has 1 saturated heterocycles. The number of amides is 1. The van der Waals surface area contributed by atoms with Crippen LogP contribution >= 0.6 is 0 Å². The molecule has 1 aromatic rings. The maximum absolute atomic E-state index is 13.6. The maximum atomic E-state index is 13.6. The molecule has 1 aromatic carbocycles. The smallest absolute Gasteiger partial charge is 0.247 e. The second kappa shape index (κ2) is 7.10. The molecule has 1 aliphatic heterocycles. The molecule has 0 atom stereocenters. The molecular formula is C15H20FN3O3S. The third-order valence-electron chi connectivity index (χ3n) is 3.64. The lowest BCUT2D eigenvalue weighted by atomic mass is 10.1. The summed E-state index contributed by atoms with van der Waals surface area (Å²) in [4.78, 5) is 11.3. The number of piperidine rings is 1. The minimum absolute atomic E-state index is 0.0535. The van der Waals surface area contributed by atoms with Crippen molar-refractivity contribution in [3.05, 3.63) is 36.7 Å². The Bertz CT molecular complexity index is 698. The van der Waals surface area contributed by atoms with Crippen LogP contribution < -0.4 is 10.6 Å². The summed E-state index contributed by atoms with van der Waals surface area (Å²) in [5.41, 5.74) is 0.883. The Hall–Kier alpha value is -1.93. The Morgan fingerprint density at radius 3 is 2.48 bits per heavy atom. The Balaban J connectivity index is 2.01. The average Bonchev–Trinajstić information content (AvgIpc) is 2.46. The number of benzene rings is 1. The lowest BCUT2D eigenvalue weighted by Crippen LogP contribution is -2.41. The highest BCUT2D eigenvalue weighted by Gasteiger charge is 2.24. The Morgan fingerprint density at radius 1 is 1.30 bits per heavy atom. The van der Waals surface area contributed by atoms with Crippen molar-refractivity contribution < 1.29 is 17.6 Å². The standard InChI is InChI=1S/C15H20FN3O3S/c1-3-15(20)18-14-9-11(16)8-13(10-14)17-12-4-6-19(7-5-12)23(2,21)22/h3,8-10,12,17H,1,4-7H2,2H3,(H,18,20). The van der Waals surface area contributed by atoms with Crippen LogP contribution in [0.1, 0.15) is 12.8 Å². The highest BCUT2D eigenvalue weighted by Crippen LogP contribution is 2.22. The first-order chi connectivity index (χ1) is 10.8. The molecule has 0 bridgehead atoms. The van der Waals surface area contributed by atoms with E-state index in [1.165, 1.54) is 22.7 Å². The highest BCUT2D eigenvalue weighted by molar-refractivity contribution is 7.88. The van der Waals surface area contributed by atoms with Crippen LogP contribution in [0.3, 0.4) is 0 Å². The van der Waals surface area contributed by atoms with Crippen molar-refractivity contribution in [1.29, 1.82) is 0 Å². The molecule has 6 nitrogen and oxygen atoms in total. The van der Waals surface area contributed by atoms with Gasteiger partial charge in [0.2, 0.25) is 15.9 Å². The van der Waals surface area contributed by atoms with Gasteiger partial charge in [-0.15, -0.1) is 0 Å². The molecule has 0 unspecified atom stereocenters. The van der Waals surface area contributed by atoms with Crippen molar-refractivity contribution in [2.75, 3.05) is 30.0 Å². The number of hydrogen-bond donors (Lipinski definition) is 2. The number of anilines is 2. The first kappa shape index (κ1) is 17.4. The van der Waals surface area contributed by atoms with Crippen LogP contribution in [0.15, 0.2) is 30.9 Å². The van der Waals surface area contributed by atoms with Crippen molar-refractivity contribution in [2.24, 2.45) is 0 Å². The third-order valence-corrected chi connectivity index (χ3v) is 4.95. The number of halogens is 1. The molecular weight excluding hydrogens is 321 g/mol. The Morgan fingerprint density at radius 2 is 1.91 bits per heavy atom. The van der Waals surface area contributed by atoms with Crippen LogP contribution in [0.2, 0.25) is 0 Å². The van der Waals surface area contributed by atoms with Crippen molar-refractivity contribution in [3.8, 4) is 0 Å². The largest absolute Gasteiger partial charge is 0.382 e. The molecule has 0 aromatic heterocycles. The Labute approximate surface area is 135 Å². The van der Waals surface area contributed by atoms with Crippen molar-refractivity contribution >= 4 is 27.3 Å². The molecule has 0 aliphatic carbocycles. The van der Waals surface area contributed by atoms with E-state index < -0.39 is 21.7 Å². The molecule has 1 aliphatic rings. The monoisotopic (exact) mass is 341 g/mol. The lowest BCUT2D eigenvalue weighted by Gasteiger charge is -2.31. The predicted octanol–water partition coefficient (Wildman–Crippen LogP) is 1.79. The van der Waals surface area contributed by atoms with E-state index in [0.717, 1.165) is 6.08 Å². The van der Waals surface area contributed by atoms with Gasteiger partial charge in [0, 0.05) is 30.5 Å². The van der Waals surface area contributed by atoms with Crippen LogP contribution in [-0.4, -0.2) is 44.0 Å². The second-order valence-corrected chi connectivity index (χ2v) is 7.49. The molecule has 8 heteroatoms. The fourth-order valence-corrected chi connectivity index (χ4v) is 3.38. The zero-order chi connectivity index (χ0) is 17.0. The van der Waals surface area contributed by atoms with Crippen LogP contribution in [-0.2, 0) is 14.8 Å². The first-order valence-corrected chi connectivity index (χ1v) is 9.08. The summed E-state index contributed by atoms with van der Waals surface area (Å²) in [5.74, 6) is -0.883. The minimum atomic E-state index is -3.16. The molecule has 126 valence electrons. The first-order valence-electron chi connectivity index (χ1n) is 7.23. The number of nitrogens with zero attached hydrogens (tertiary/aromatic N) is 1. The lowest BCUT2D eigenvalue weighted by molar-refractivity contribution is -0.111. The van der Waals surface area contributed by atoms with Crippen LogP contribution in [0.5, 0.6) is 0 Å². The van der Waals surface area contributed by atoms with Crippen molar-refractivity contribution in [1.82, 2.24) is 4.31 Å². The van der Waals surface area contributed by atoms with E-state index in [4.69, 9.17) is 0 Å². The number of carbonyl (C=O) groups is 1. The van der Waals surface area contributed by atoms with Gasteiger partial charge in [0.1, 0.15) is 5.82 Å². The number of rotatable bonds is 5. The van der Waals surface area contributed by atoms with Gasteiger partial charge in [-0.2, -0.15) is 0 Å². The van der Waals surface area contributed by atoms with Gasteiger partial charge in [-0.1, -0.05) is 6.58 Å². The van der Waals surface area contributed by atoms with Crippen molar-refractivity contribution in [3.63, 3.8) is 0 Å². The molecule has 23 heavy (non-hydrogen) atoms. The van der Waals surface area contributed by atoms with Gasteiger partial charge in [-0.05, 0) is 37.1 Å². The van der Waals surface area contributed by atoms with Crippen LogP contribution in [0.4, 0.5) is 15.8 Å². The fourth-order valence-electron chi connectivity index (χ4n) is 2.51. The molecule has 1 heterocycles. The molecule has 2 N–H and O–H groups in total. The molecule has 2 rings (SSSR count). The normalized spacial score (nSPS) is 16.8. The summed E-state index contributed by atoms with van der Waals surface area (Å²) in [6, 6.07) is 4.25. The highest BCUT2D eigenvalue weighted by atomic mass is 32.2. The van der Waals surface area contributed by atoms with Crippen molar-refractivity contribution in [2.45, 2.75) is 18.9 Å². The van der Waals surface area contributed by atoms with E-state index in [-0.39, 0.29) is 6.04 Å². The summed E-state index contributed by atoms with van der Waals surface area (Å²) in [6.07, 6.45) is 3.58. The van der Waals surface area contributed by atoms with Gasteiger partial charge >= 0.3 is 0 Å². The predicted molar refractivity (Wildman–Crippen MR) is 88.3 cm³/mol. The van der Waals surface area contributed by atoms with E-state index in [9.17, 15) is 17.6 Å². The fraction of sp³-hybridized carbons (Fsp3) is 0.400. The van der Waals surface area contributed by atoms with E-state index in [1.54, 1.807) is 6.07 Å². The zero-order valence-electron chi connectivity index (χ0n) is 12.9.